The smallest absolute Gasteiger partial charge is 0.433 e. The van der Waals surface area contributed by atoms with Crippen molar-refractivity contribution >= 4 is 39.1 Å². The van der Waals surface area contributed by atoms with Crippen molar-refractivity contribution in [2.24, 2.45) is 5.73 Å². The highest BCUT2D eigenvalue weighted by Gasteiger charge is 2.35. The van der Waals surface area contributed by atoms with Gasteiger partial charge in [0.05, 0.1) is 5.69 Å². The second-order valence-corrected chi connectivity index (χ2v) is 11.5. The number of amides is 2. The molecule has 2 aromatic carbocycles. The summed E-state index contributed by atoms with van der Waals surface area (Å²) in [5, 5.41) is 7.06. The van der Waals surface area contributed by atoms with E-state index in [0.717, 1.165) is 11.6 Å². The molecular weight excluding hydrogens is 567 g/mol. The second-order valence-electron chi connectivity index (χ2n) is 10.5. The van der Waals surface area contributed by atoms with Gasteiger partial charge < -0.3 is 15.8 Å². The maximum absolute atomic E-state index is 13.7. The topological polar surface area (TPSA) is 112 Å². The number of nitrogens with two attached hydrogens (primary N) is 1. The van der Waals surface area contributed by atoms with Crippen LogP contribution in [0.1, 0.15) is 52.2 Å². The van der Waals surface area contributed by atoms with E-state index in [0.29, 0.717) is 22.6 Å². The number of anilines is 1. The molecule has 3 aromatic heterocycles. The average molecular weight is 594 g/mol. The summed E-state index contributed by atoms with van der Waals surface area (Å²) in [6, 6.07) is 18.3. The molecule has 0 radical (unpaired) electrons. The zero-order valence-electron chi connectivity index (χ0n) is 22.8. The fraction of sp³-hybridized carbons (Fsp3) is 0.200. The number of benzene rings is 2. The molecule has 3 N–H and O–H groups in total. The summed E-state index contributed by atoms with van der Waals surface area (Å²) in [6.45, 7) is 6.37. The van der Waals surface area contributed by atoms with E-state index in [1.54, 1.807) is 36.5 Å². The largest absolute Gasteiger partial charge is 0.471 e. The summed E-state index contributed by atoms with van der Waals surface area (Å²) in [6.07, 6.45) is -3.19. The van der Waals surface area contributed by atoms with E-state index in [9.17, 15) is 22.8 Å². The molecule has 0 aliphatic heterocycles. The summed E-state index contributed by atoms with van der Waals surface area (Å²) >= 11 is 0.676. The van der Waals surface area contributed by atoms with Crippen molar-refractivity contribution in [2.75, 3.05) is 5.32 Å². The third kappa shape index (κ3) is 5.98. The van der Waals surface area contributed by atoms with Crippen LogP contribution < -0.4 is 15.8 Å². The first-order chi connectivity index (χ1) is 19.8. The lowest BCUT2D eigenvalue weighted by Crippen LogP contribution is -2.18. The molecule has 216 valence electrons. The number of carbonyl (C=O) groups excluding carboxylic acids is 2. The summed E-state index contributed by atoms with van der Waals surface area (Å²) < 4.78 is 48.3. The van der Waals surface area contributed by atoms with Gasteiger partial charge in [0.25, 0.3) is 11.8 Å². The van der Waals surface area contributed by atoms with Crippen LogP contribution in [0.4, 0.5) is 18.9 Å². The number of fused-ring (bicyclic) bond motifs is 1. The zero-order chi connectivity index (χ0) is 30.2. The zero-order valence-corrected chi connectivity index (χ0v) is 23.6. The molecule has 0 aliphatic rings. The Labute approximate surface area is 242 Å². The number of carbonyl (C=O) groups is 2. The first-order valence-corrected chi connectivity index (χ1v) is 13.6. The standard InChI is InChI=1S/C30H26F3N5O3S/c1-29(2,3)18-9-11-19(12-10-18)41-16-38-14-13-21(37-38)27(40)36-24-23-20(17-7-5-4-6-8-17)15-22(30(31,32)33)35-28(23)42-25(24)26(34)39/h4-15H,16H2,1-3H3,(H2,34,39)(H,36,40). The number of nitrogens with one attached hydrogen (secondary N) is 1. The third-order valence-electron chi connectivity index (χ3n) is 6.46. The van der Waals surface area contributed by atoms with Gasteiger partial charge in [-0.3, -0.25) is 9.59 Å². The molecule has 5 aromatic rings. The summed E-state index contributed by atoms with van der Waals surface area (Å²) in [5.41, 5.74) is 6.15. The number of pyridine rings is 1. The Bertz CT molecular complexity index is 1770. The van der Waals surface area contributed by atoms with Gasteiger partial charge in [-0.2, -0.15) is 18.3 Å². The number of hydrogen-bond acceptors (Lipinski definition) is 6. The molecule has 0 saturated carbocycles. The molecule has 42 heavy (non-hydrogen) atoms. The van der Waals surface area contributed by atoms with Crippen LogP contribution in [-0.2, 0) is 18.3 Å². The summed E-state index contributed by atoms with van der Waals surface area (Å²) in [7, 11) is 0. The summed E-state index contributed by atoms with van der Waals surface area (Å²) in [4.78, 5) is 29.1. The quantitative estimate of drug-likeness (QED) is 0.214. The molecule has 5 rings (SSSR count). The lowest BCUT2D eigenvalue weighted by molar-refractivity contribution is -0.140. The van der Waals surface area contributed by atoms with Crippen LogP contribution in [0.15, 0.2) is 72.9 Å². The van der Waals surface area contributed by atoms with E-state index in [2.05, 4.69) is 36.2 Å². The van der Waals surface area contributed by atoms with E-state index >= 15 is 0 Å². The van der Waals surface area contributed by atoms with E-state index in [4.69, 9.17) is 10.5 Å². The van der Waals surface area contributed by atoms with Gasteiger partial charge in [0.2, 0.25) is 0 Å². The van der Waals surface area contributed by atoms with Gasteiger partial charge in [0, 0.05) is 11.6 Å². The number of hydrogen-bond donors (Lipinski definition) is 2. The molecule has 0 bridgehead atoms. The van der Waals surface area contributed by atoms with Crippen LogP contribution in [0.3, 0.4) is 0 Å². The SMILES string of the molecule is CC(C)(C)c1ccc(OCn2ccc(C(=O)Nc3c(C(N)=O)sc4nc(C(F)(F)F)cc(-c5ccccc5)c34)n2)cc1. The maximum Gasteiger partial charge on any atom is 0.433 e. The van der Waals surface area contributed by atoms with Crippen LogP contribution in [0.2, 0.25) is 0 Å². The first kappa shape index (κ1) is 28.8. The van der Waals surface area contributed by atoms with Crippen LogP contribution in [0.5, 0.6) is 5.75 Å². The lowest BCUT2D eigenvalue weighted by Gasteiger charge is -2.19. The highest BCUT2D eigenvalue weighted by atomic mass is 32.1. The van der Waals surface area contributed by atoms with Gasteiger partial charge in [0.1, 0.15) is 21.2 Å². The van der Waals surface area contributed by atoms with Crippen molar-refractivity contribution in [2.45, 2.75) is 39.1 Å². The fourth-order valence-corrected chi connectivity index (χ4v) is 5.31. The molecular formula is C30H26F3N5O3S. The molecule has 0 unspecified atom stereocenters. The molecule has 8 nitrogen and oxygen atoms in total. The second kappa shape index (κ2) is 10.9. The Morgan fingerprint density at radius 3 is 2.33 bits per heavy atom. The molecule has 2 amide bonds. The predicted molar refractivity (Wildman–Crippen MR) is 155 cm³/mol. The monoisotopic (exact) mass is 593 g/mol. The molecule has 12 heteroatoms. The number of halogens is 3. The highest BCUT2D eigenvalue weighted by Crippen LogP contribution is 2.43. The summed E-state index contributed by atoms with van der Waals surface area (Å²) in [5.74, 6) is -0.985. The lowest BCUT2D eigenvalue weighted by atomic mass is 9.87. The van der Waals surface area contributed by atoms with Gasteiger partial charge >= 0.3 is 6.18 Å². The normalized spacial score (nSPS) is 12.0. The maximum atomic E-state index is 13.7. The van der Waals surface area contributed by atoms with Crippen molar-refractivity contribution in [3.05, 3.63) is 94.8 Å². The van der Waals surface area contributed by atoms with Gasteiger partial charge in [-0.25, -0.2) is 9.67 Å². The van der Waals surface area contributed by atoms with E-state index < -0.39 is 23.7 Å². The molecule has 0 fully saturated rings. The van der Waals surface area contributed by atoms with Crippen molar-refractivity contribution in [1.29, 1.82) is 0 Å². The van der Waals surface area contributed by atoms with Crippen LogP contribution in [-0.4, -0.2) is 26.6 Å². The Kier molecular flexibility index (Phi) is 7.50. The molecule has 3 heterocycles. The van der Waals surface area contributed by atoms with E-state index in [1.165, 1.54) is 10.7 Å². The minimum absolute atomic E-state index is 0.00224. The van der Waals surface area contributed by atoms with Crippen LogP contribution in [0, 0.1) is 0 Å². The Morgan fingerprint density at radius 1 is 1.02 bits per heavy atom. The van der Waals surface area contributed by atoms with Crippen molar-refractivity contribution < 1.29 is 27.5 Å². The predicted octanol–water partition coefficient (Wildman–Crippen LogP) is 6.86. The highest BCUT2D eigenvalue weighted by molar-refractivity contribution is 7.21. The number of thiophene rings is 1. The minimum Gasteiger partial charge on any atom is -0.471 e. The minimum atomic E-state index is -4.73. The number of ether oxygens (including phenoxy) is 1. The molecule has 0 atom stereocenters. The number of alkyl halides is 3. The van der Waals surface area contributed by atoms with Crippen molar-refractivity contribution in [3.63, 3.8) is 0 Å². The van der Waals surface area contributed by atoms with Crippen molar-refractivity contribution in [3.8, 4) is 16.9 Å². The molecule has 0 saturated heterocycles. The Balaban J connectivity index is 1.44. The molecule has 0 spiro atoms. The third-order valence-corrected chi connectivity index (χ3v) is 7.55. The van der Waals surface area contributed by atoms with E-state index in [1.807, 2.05) is 24.3 Å². The number of primary amides is 1. The number of nitrogens with zero attached hydrogens (tertiary/aromatic N) is 3. The van der Waals surface area contributed by atoms with Crippen LogP contribution >= 0.6 is 11.3 Å². The van der Waals surface area contributed by atoms with Gasteiger partial charge in [-0.05, 0) is 46.4 Å². The molecule has 0 aliphatic carbocycles. The Hall–Kier alpha value is -4.71. The van der Waals surface area contributed by atoms with Crippen LogP contribution in [0.25, 0.3) is 21.3 Å². The van der Waals surface area contributed by atoms with Gasteiger partial charge in [0.15, 0.2) is 12.4 Å². The number of rotatable bonds is 7. The first-order valence-electron chi connectivity index (χ1n) is 12.8. The average Bonchev–Trinajstić information content (AvgIpc) is 3.56. The Morgan fingerprint density at radius 2 is 1.71 bits per heavy atom. The van der Waals surface area contributed by atoms with E-state index in [-0.39, 0.29) is 44.2 Å². The van der Waals surface area contributed by atoms with Gasteiger partial charge in [-0.1, -0.05) is 63.2 Å². The van der Waals surface area contributed by atoms with Crippen molar-refractivity contribution in [1.82, 2.24) is 14.8 Å². The number of aromatic nitrogens is 3. The fourth-order valence-electron chi connectivity index (χ4n) is 4.31. The van der Waals surface area contributed by atoms with Gasteiger partial charge in [-0.15, -0.1) is 11.3 Å².